The van der Waals surface area contributed by atoms with Gasteiger partial charge in [0.05, 0.1) is 26.2 Å². The molecule has 0 aliphatic heterocycles. The maximum atomic E-state index is 12.2. The quantitative estimate of drug-likeness (QED) is 0.672. The Morgan fingerprint density at radius 2 is 1.67 bits per heavy atom. The monoisotopic (exact) mass is 358 g/mol. The minimum absolute atomic E-state index is 0.0731. The normalized spacial score (nSPS) is 11.0. The van der Waals surface area contributed by atoms with Gasteiger partial charge in [0.2, 0.25) is 15.9 Å². The first-order chi connectivity index (χ1) is 11.3. The molecule has 7 nitrogen and oxygen atoms in total. The summed E-state index contributed by atoms with van der Waals surface area (Å²) in [4.78, 5) is 13.8. The number of hydrogen-bond acceptors (Lipinski definition) is 5. The van der Waals surface area contributed by atoms with E-state index in [1.165, 1.54) is 18.5 Å². The smallest absolute Gasteiger partial charge is 0.232 e. The van der Waals surface area contributed by atoms with Crippen molar-refractivity contribution in [2.24, 2.45) is 0 Å². The molecule has 1 amide bonds. The van der Waals surface area contributed by atoms with Crippen LogP contribution in [0, 0.1) is 0 Å². The number of methoxy groups -OCH3 is 2. The first-order valence-corrected chi connectivity index (χ1v) is 9.60. The molecule has 0 N–H and O–H groups in total. The zero-order chi connectivity index (χ0) is 18.3. The Morgan fingerprint density at radius 1 is 1.08 bits per heavy atom. The lowest BCUT2D eigenvalue weighted by Crippen LogP contribution is -2.36. The lowest BCUT2D eigenvalue weighted by atomic mass is 10.2. The molecule has 0 fully saturated rings. The zero-order valence-corrected chi connectivity index (χ0v) is 15.7. The molecule has 0 unspecified atom stereocenters. The number of anilines is 1. The summed E-state index contributed by atoms with van der Waals surface area (Å²) in [6.45, 7) is 5.06. The highest BCUT2D eigenvalue weighted by atomic mass is 32.2. The Balaban J connectivity index is 3.05. The number of ether oxygens (including phenoxy) is 2. The number of rotatable bonds is 9. The summed E-state index contributed by atoms with van der Waals surface area (Å²) in [6, 6.07) is 4.85. The van der Waals surface area contributed by atoms with Crippen LogP contribution >= 0.6 is 0 Å². The van der Waals surface area contributed by atoms with E-state index >= 15 is 0 Å². The fourth-order valence-electron chi connectivity index (χ4n) is 2.40. The highest BCUT2D eigenvalue weighted by molar-refractivity contribution is 7.92. The van der Waals surface area contributed by atoms with E-state index in [1.54, 1.807) is 23.1 Å². The topological polar surface area (TPSA) is 76.2 Å². The summed E-state index contributed by atoms with van der Waals surface area (Å²) < 4.78 is 35.9. The van der Waals surface area contributed by atoms with Gasteiger partial charge < -0.3 is 14.4 Å². The zero-order valence-electron chi connectivity index (χ0n) is 14.9. The molecule has 0 saturated carbocycles. The van der Waals surface area contributed by atoms with E-state index in [1.807, 2.05) is 13.8 Å². The molecule has 0 atom stereocenters. The van der Waals surface area contributed by atoms with Crippen molar-refractivity contribution in [1.29, 1.82) is 0 Å². The maximum Gasteiger partial charge on any atom is 0.232 e. The lowest BCUT2D eigenvalue weighted by molar-refractivity contribution is -0.130. The molecular weight excluding hydrogens is 332 g/mol. The molecule has 136 valence electrons. The second-order valence-corrected chi connectivity index (χ2v) is 7.10. The van der Waals surface area contributed by atoms with Gasteiger partial charge in [-0.25, -0.2) is 8.42 Å². The Hall–Kier alpha value is -1.96. The molecule has 0 heterocycles. The fraction of sp³-hybridized carbons (Fsp3) is 0.562. The molecule has 0 saturated heterocycles. The number of carbonyl (C=O) groups is 1. The molecule has 0 spiro atoms. The van der Waals surface area contributed by atoms with Gasteiger partial charge in [-0.2, -0.15) is 0 Å². The third-order valence-corrected chi connectivity index (χ3v) is 4.89. The van der Waals surface area contributed by atoms with E-state index in [-0.39, 0.29) is 18.9 Å². The predicted molar refractivity (Wildman–Crippen MR) is 94.3 cm³/mol. The van der Waals surface area contributed by atoms with Crippen LogP contribution in [0.5, 0.6) is 11.5 Å². The van der Waals surface area contributed by atoms with Gasteiger partial charge in [-0.3, -0.25) is 9.10 Å². The molecular formula is C16H26N2O5S. The summed E-state index contributed by atoms with van der Waals surface area (Å²) in [5.41, 5.74) is 0.433. The van der Waals surface area contributed by atoms with Gasteiger partial charge in [0.25, 0.3) is 0 Å². The minimum Gasteiger partial charge on any atom is -0.493 e. The molecule has 0 aromatic heterocycles. The molecule has 0 radical (unpaired) electrons. The van der Waals surface area contributed by atoms with Crippen LogP contribution in [0.1, 0.15) is 20.3 Å². The van der Waals surface area contributed by atoms with Crippen molar-refractivity contribution in [3.63, 3.8) is 0 Å². The van der Waals surface area contributed by atoms with Crippen molar-refractivity contribution in [2.45, 2.75) is 20.3 Å². The van der Waals surface area contributed by atoms with E-state index in [0.717, 1.165) is 6.26 Å². The van der Waals surface area contributed by atoms with Gasteiger partial charge in [0.1, 0.15) is 0 Å². The third kappa shape index (κ3) is 5.02. The average molecular weight is 358 g/mol. The lowest BCUT2D eigenvalue weighted by Gasteiger charge is -2.25. The van der Waals surface area contributed by atoms with Crippen molar-refractivity contribution in [1.82, 2.24) is 4.90 Å². The van der Waals surface area contributed by atoms with E-state index < -0.39 is 10.0 Å². The van der Waals surface area contributed by atoms with Gasteiger partial charge in [0.15, 0.2) is 11.5 Å². The maximum absolute atomic E-state index is 12.2. The molecule has 1 aromatic carbocycles. The van der Waals surface area contributed by atoms with Crippen molar-refractivity contribution >= 4 is 21.6 Å². The minimum atomic E-state index is -3.53. The molecule has 1 rings (SSSR count). The molecule has 8 heteroatoms. The van der Waals surface area contributed by atoms with Crippen molar-refractivity contribution in [2.75, 3.05) is 44.4 Å². The van der Waals surface area contributed by atoms with Crippen molar-refractivity contribution in [3.05, 3.63) is 18.2 Å². The Morgan fingerprint density at radius 3 is 2.12 bits per heavy atom. The highest BCUT2D eigenvalue weighted by Crippen LogP contribution is 2.32. The second-order valence-electron chi connectivity index (χ2n) is 5.19. The van der Waals surface area contributed by atoms with E-state index in [0.29, 0.717) is 30.3 Å². The predicted octanol–water partition coefficient (Wildman–Crippen LogP) is 1.73. The van der Waals surface area contributed by atoms with Gasteiger partial charge in [-0.15, -0.1) is 0 Å². The van der Waals surface area contributed by atoms with E-state index in [2.05, 4.69) is 0 Å². The Labute approximate surface area is 144 Å². The van der Waals surface area contributed by atoms with Crippen LogP contribution in [0.3, 0.4) is 0 Å². The highest BCUT2D eigenvalue weighted by Gasteiger charge is 2.21. The first-order valence-electron chi connectivity index (χ1n) is 7.75. The van der Waals surface area contributed by atoms with Gasteiger partial charge in [-0.05, 0) is 26.0 Å². The molecule has 24 heavy (non-hydrogen) atoms. The van der Waals surface area contributed by atoms with Crippen LogP contribution in [0.4, 0.5) is 5.69 Å². The average Bonchev–Trinajstić information content (AvgIpc) is 2.54. The fourth-order valence-corrected chi connectivity index (χ4v) is 3.32. The van der Waals surface area contributed by atoms with Gasteiger partial charge in [0, 0.05) is 32.1 Å². The Kier molecular flexibility index (Phi) is 7.34. The summed E-state index contributed by atoms with van der Waals surface area (Å²) >= 11 is 0. The number of benzene rings is 1. The molecule has 0 aliphatic rings. The summed E-state index contributed by atoms with van der Waals surface area (Å²) in [6.07, 6.45) is 1.23. The van der Waals surface area contributed by atoms with Crippen LogP contribution in [0.15, 0.2) is 18.2 Å². The standard InChI is InChI=1S/C16H26N2O5S/c1-6-17(7-2)16(19)10-11-18(24(5,20)21)13-8-9-14(22-3)15(12-13)23-4/h8-9,12H,6-7,10-11H2,1-5H3. The second kappa shape index (κ2) is 8.77. The third-order valence-electron chi connectivity index (χ3n) is 3.70. The van der Waals surface area contributed by atoms with Crippen LogP contribution in [-0.4, -0.2) is 59.3 Å². The van der Waals surface area contributed by atoms with Crippen LogP contribution < -0.4 is 13.8 Å². The molecule has 0 aliphatic carbocycles. The van der Waals surface area contributed by atoms with Crippen molar-refractivity contribution in [3.8, 4) is 11.5 Å². The van der Waals surface area contributed by atoms with Crippen LogP contribution in [-0.2, 0) is 14.8 Å². The van der Waals surface area contributed by atoms with Gasteiger partial charge in [-0.1, -0.05) is 0 Å². The first kappa shape index (κ1) is 20.1. The molecule has 1 aromatic rings. The van der Waals surface area contributed by atoms with Crippen LogP contribution in [0.25, 0.3) is 0 Å². The van der Waals surface area contributed by atoms with Gasteiger partial charge >= 0.3 is 0 Å². The number of hydrogen-bond donors (Lipinski definition) is 0. The summed E-state index contributed by atoms with van der Waals surface area (Å²) in [7, 11) is -0.540. The summed E-state index contributed by atoms with van der Waals surface area (Å²) in [5.74, 6) is 0.863. The van der Waals surface area contributed by atoms with Crippen LogP contribution in [0.2, 0.25) is 0 Å². The number of sulfonamides is 1. The number of nitrogens with zero attached hydrogens (tertiary/aromatic N) is 2. The molecule has 0 bridgehead atoms. The summed E-state index contributed by atoms with van der Waals surface area (Å²) in [5, 5.41) is 0. The Bertz CT molecular complexity index is 656. The van der Waals surface area contributed by atoms with E-state index in [4.69, 9.17) is 9.47 Å². The number of amides is 1. The largest absolute Gasteiger partial charge is 0.493 e. The number of carbonyl (C=O) groups excluding carboxylic acids is 1. The van der Waals surface area contributed by atoms with E-state index in [9.17, 15) is 13.2 Å². The van der Waals surface area contributed by atoms with Crippen molar-refractivity contribution < 1.29 is 22.7 Å². The SMILES string of the molecule is CCN(CC)C(=O)CCN(c1ccc(OC)c(OC)c1)S(C)(=O)=O.